The molecule has 1 atom stereocenters. The molecule has 2 heterocycles. The molecule has 1 saturated heterocycles. The molecule has 2 aromatic rings. The summed E-state index contributed by atoms with van der Waals surface area (Å²) in [5, 5.41) is 3.70. The number of nitrogens with zero attached hydrogens (tertiary/aromatic N) is 2. The summed E-state index contributed by atoms with van der Waals surface area (Å²) >= 11 is 6.11. The van der Waals surface area contributed by atoms with Crippen LogP contribution < -0.4 is 10.1 Å². The molecule has 3 rings (SSSR count). The Bertz CT molecular complexity index is 570. The Morgan fingerprint density at radius 1 is 1.26 bits per heavy atom. The predicted octanol–water partition coefficient (Wildman–Crippen LogP) is 2.66. The zero-order valence-corrected chi connectivity index (χ0v) is 11.4. The number of ether oxygens (including phenoxy) is 1. The van der Waals surface area contributed by atoms with Crippen molar-refractivity contribution in [3.63, 3.8) is 0 Å². The molecule has 1 N–H and O–H groups in total. The van der Waals surface area contributed by atoms with Gasteiger partial charge in [-0.15, -0.1) is 0 Å². The van der Waals surface area contributed by atoms with Crippen LogP contribution in [-0.2, 0) is 0 Å². The van der Waals surface area contributed by atoms with Gasteiger partial charge in [-0.1, -0.05) is 23.7 Å². The van der Waals surface area contributed by atoms with E-state index in [-0.39, 0.29) is 0 Å². The maximum atomic E-state index is 6.11. The second-order valence-electron chi connectivity index (χ2n) is 4.83. The van der Waals surface area contributed by atoms with Gasteiger partial charge in [0.15, 0.2) is 5.15 Å². The lowest BCUT2D eigenvalue weighted by atomic mass is 10.0. The molecule has 1 aliphatic heterocycles. The van der Waals surface area contributed by atoms with Gasteiger partial charge < -0.3 is 10.1 Å². The van der Waals surface area contributed by atoms with Crippen molar-refractivity contribution in [3.05, 3.63) is 29.4 Å². The van der Waals surface area contributed by atoms with Crippen molar-refractivity contribution in [2.75, 3.05) is 19.7 Å². The van der Waals surface area contributed by atoms with Crippen LogP contribution in [0.3, 0.4) is 0 Å². The lowest BCUT2D eigenvalue weighted by molar-refractivity contribution is 0.212. The van der Waals surface area contributed by atoms with Gasteiger partial charge in [0.2, 0.25) is 0 Å². The highest BCUT2D eigenvalue weighted by Crippen LogP contribution is 2.24. The summed E-state index contributed by atoms with van der Waals surface area (Å²) in [6.07, 6.45) is 2.39. The van der Waals surface area contributed by atoms with E-state index < -0.39 is 0 Å². The minimum absolute atomic E-state index is 0.336. The lowest BCUT2D eigenvalue weighted by Gasteiger charge is -2.22. The minimum atomic E-state index is 0.336. The third-order valence-corrected chi connectivity index (χ3v) is 3.60. The van der Waals surface area contributed by atoms with Gasteiger partial charge in [0, 0.05) is 12.5 Å². The van der Waals surface area contributed by atoms with Crippen LogP contribution in [0.4, 0.5) is 0 Å². The Hall–Kier alpha value is -1.39. The topological polar surface area (TPSA) is 47.0 Å². The van der Waals surface area contributed by atoms with Gasteiger partial charge in [-0.25, -0.2) is 9.97 Å². The van der Waals surface area contributed by atoms with E-state index in [9.17, 15) is 0 Å². The summed E-state index contributed by atoms with van der Waals surface area (Å²) in [5.41, 5.74) is 1.60. The van der Waals surface area contributed by atoms with E-state index in [4.69, 9.17) is 16.3 Å². The van der Waals surface area contributed by atoms with Crippen molar-refractivity contribution in [3.8, 4) is 5.88 Å². The first-order valence-corrected chi connectivity index (χ1v) is 6.96. The molecule has 100 valence electrons. The smallest absolute Gasteiger partial charge is 0.252 e. The predicted molar refractivity (Wildman–Crippen MR) is 75.6 cm³/mol. The second kappa shape index (κ2) is 5.72. The maximum absolute atomic E-state index is 6.11. The number of piperidine rings is 1. The number of halogens is 1. The van der Waals surface area contributed by atoms with Gasteiger partial charge in [-0.2, -0.15) is 0 Å². The summed E-state index contributed by atoms with van der Waals surface area (Å²) in [4.78, 5) is 8.72. The number of para-hydroxylation sites is 2. The van der Waals surface area contributed by atoms with E-state index in [0.717, 1.165) is 24.1 Å². The third kappa shape index (κ3) is 2.96. The lowest BCUT2D eigenvalue weighted by Crippen LogP contribution is -2.33. The first-order chi connectivity index (χ1) is 9.33. The molecular formula is C14H16ClN3O. The van der Waals surface area contributed by atoms with Gasteiger partial charge in [-0.05, 0) is 31.5 Å². The first kappa shape index (κ1) is 12.6. The van der Waals surface area contributed by atoms with Crippen molar-refractivity contribution < 1.29 is 4.74 Å². The van der Waals surface area contributed by atoms with Crippen molar-refractivity contribution in [2.45, 2.75) is 12.8 Å². The third-order valence-electron chi connectivity index (χ3n) is 3.35. The second-order valence-corrected chi connectivity index (χ2v) is 5.19. The first-order valence-electron chi connectivity index (χ1n) is 6.59. The highest BCUT2D eigenvalue weighted by Gasteiger charge is 2.15. The minimum Gasteiger partial charge on any atom is -0.475 e. The van der Waals surface area contributed by atoms with Gasteiger partial charge in [0.05, 0.1) is 17.6 Å². The van der Waals surface area contributed by atoms with Crippen LogP contribution in [0.2, 0.25) is 5.15 Å². The monoisotopic (exact) mass is 277 g/mol. The Labute approximate surface area is 117 Å². The zero-order chi connectivity index (χ0) is 13.1. The van der Waals surface area contributed by atoms with Gasteiger partial charge in [-0.3, -0.25) is 0 Å². The molecule has 0 amide bonds. The number of nitrogens with one attached hydrogen (secondary N) is 1. The Balaban J connectivity index is 1.74. The van der Waals surface area contributed by atoms with Crippen LogP contribution in [0.15, 0.2) is 24.3 Å². The molecule has 1 aromatic carbocycles. The fourth-order valence-corrected chi connectivity index (χ4v) is 2.51. The van der Waals surface area contributed by atoms with Crippen LogP contribution in [-0.4, -0.2) is 29.7 Å². The molecule has 0 radical (unpaired) electrons. The number of rotatable bonds is 3. The molecule has 0 saturated carbocycles. The average Bonchev–Trinajstić information content (AvgIpc) is 2.46. The molecule has 1 fully saturated rings. The molecule has 5 heteroatoms. The van der Waals surface area contributed by atoms with Crippen LogP contribution in [0.1, 0.15) is 12.8 Å². The Kier molecular flexibility index (Phi) is 3.80. The number of benzene rings is 1. The highest BCUT2D eigenvalue weighted by atomic mass is 35.5. The highest BCUT2D eigenvalue weighted by molar-refractivity contribution is 6.31. The summed E-state index contributed by atoms with van der Waals surface area (Å²) in [6, 6.07) is 7.65. The van der Waals surface area contributed by atoms with Gasteiger partial charge in [0.25, 0.3) is 5.88 Å². The van der Waals surface area contributed by atoms with Crippen LogP contribution in [0.25, 0.3) is 11.0 Å². The molecule has 1 aliphatic rings. The average molecular weight is 278 g/mol. The van der Waals surface area contributed by atoms with Crippen molar-refractivity contribution >= 4 is 22.6 Å². The number of fused-ring (bicyclic) bond motifs is 1. The van der Waals surface area contributed by atoms with Crippen LogP contribution in [0.5, 0.6) is 5.88 Å². The van der Waals surface area contributed by atoms with E-state index in [1.807, 2.05) is 24.3 Å². The quantitative estimate of drug-likeness (QED) is 0.937. The summed E-state index contributed by atoms with van der Waals surface area (Å²) in [5.74, 6) is 0.962. The molecule has 0 spiro atoms. The van der Waals surface area contributed by atoms with Crippen LogP contribution >= 0.6 is 11.6 Å². The standard InChI is InChI=1S/C14H16ClN3O/c15-13-14(19-9-10-4-3-7-16-8-10)18-12-6-2-1-5-11(12)17-13/h1-2,5-6,10,16H,3-4,7-9H2/t10-/m1/s1. The number of hydrogen-bond donors (Lipinski definition) is 1. The molecular weight excluding hydrogens is 262 g/mol. The summed E-state index contributed by atoms with van der Waals surface area (Å²) in [6.45, 7) is 2.74. The molecule has 1 aromatic heterocycles. The summed E-state index contributed by atoms with van der Waals surface area (Å²) in [7, 11) is 0. The van der Waals surface area contributed by atoms with Crippen molar-refractivity contribution in [2.24, 2.45) is 5.92 Å². The largest absolute Gasteiger partial charge is 0.475 e. The Morgan fingerprint density at radius 3 is 2.79 bits per heavy atom. The number of aromatic nitrogens is 2. The molecule has 4 nitrogen and oxygen atoms in total. The fraction of sp³-hybridized carbons (Fsp3) is 0.429. The normalized spacial score (nSPS) is 19.5. The number of hydrogen-bond acceptors (Lipinski definition) is 4. The summed E-state index contributed by atoms with van der Waals surface area (Å²) < 4.78 is 5.74. The zero-order valence-electron chi connectivity index (χ0n) is 10.6. The fourth-order valence-electron chi connectivity index (χ4n) is 2.32. The van der Waals surface area contributed by atoms with Crippen molar-refractivity contribution in [1.29, 1.82) is 0 Å². The molecule has 0 unspecified atom stereocenters. The van der Waals surface area contributed by atoms with Gasteiger partial charge in [0.1, 0.15) is 0 Å². The SMILES string of the molecule is Clc1nc2ccccc2nc1OC[C@@H]1CCCNC1. The Morgan fingerprint density at radius 2 is 2.05 bits per heavy atom. The van der Waals surface area contributed by atoms with E-state index >= 15 is 0 Å². The van der Waals surface area contributed by atoms with E-state index in [1.165, 1.54) is 12.8 Å². The molecule has 0 bridgehead atoms. The van der Waals surface area contributed by atoms with Crippen LogP contribution in [0, 0.1) is 5.92 Å². The molecule has 19 heavy (non-hydrogen) atoms. The van der Waals surface area contributed by atoms with Gasteiger partial charge >= 0.3 is 0 Å². The van der Waals surface area contributed by atoms with Crippen molar-refractivity contribution in [1.82, 2.24) is 15.3 Å². The van der Waals surface area contributed by atoms with E-state index in [1.54, 1.807) is 0 Å². The van der Waals surface area contributed by atoms with E-state index in [2.05, 4.69) is 15.3 Å². The molecule has 0 aliphatic carbocycles. The maximum Gasteiger partial charge on any atom is 0.252 e. The van der Waals surface area contributed by atoms with E-state index in [0.29, 0.717) is 23.6 Å².